The zero-order valence-corrected chi connectivity index (χ0v) is 29.2. The van der Waals surface area contributed by atoms with E-state index in [4.69, 9.17) is 19.2 Å². The third-order valence-corrected chi connectivity index (χ3v) is 9.23. The number of benzene rings is 2. The van der Waals surface area contributed by atoms with Crippen molar-refractivity contribution in [2.24, 2.45) is 5.41 Å². The van der Waals surface area contributed by atoms with E-state index >= 15 is 0 Å². The third-order valence-electron chi connectivity index (χ3n) is 7.42. The number of nitrogens with one attached hydrogen (secondary N) is 1. The Morgan fingerprint density at radius 1 is 1.06 bits per heavy atom. The molecule has 12 nitrogen and oxygen atoms in total. The van der Waals surface area contributed by atoms with Crippen LogP contribution in [0.1, 0.15) is 59.4 Å². The predicted octanol–water partition coefficient (Wildman–Crippen LogP) is 6.12. The first-order valence-electron chi connectivity index (χ1n) is 15.7. The van der Waals surface area contributed by atoms with Crippen LogP contribution in [-0.2, 0) is 21.2 Å². The molecule has 2 aromatic carbocycles. The molecule has 0 unspecified atom stereocenters. The molecule has 0 aliphatic heterocycles. The van der Waals surface area contributed by atoms with Gasteiger partial charge in [0.05, 0.1) is 29.4 Å². The highest BCUT2D eigenvalue weighted by Crippen LogP contribution is 2.30. The number of unbranched alkanes of at least 4 members (excludes halogenated alkanes) is 1. The van der Waals surface area contributed by atoms with Gasteiger partial charge in [0.2, 0.25) is 10.0 Å². The van der Waals surface area contributed by atoms with Crippen LogP contribution in [0.25, 0.3) is 0 Å². The highest BCUT2D eigenvalue weighted by Gasteiger charge is 2.35. The first kappa shape index (κ1) is 38.1. The maximum Gasteiger partial charge on any atom is 0.414 e. The van der Waals surface area contributed by atoms with Gasteiger partial charge in [-0.15, -0.1) is 0 Å². The Kier molecular flexibility index (Phi) is 13.2. The average molecular weight is 683 g/mol. The number of nitriles is 1. The molecular formula is C35H46N4O8S. The largest absolute Gasteiger partial charge is 0.469 e. The second kappa shape index (κ2) is 16.6. The molecule has 3 rings (SSSR count). The molecule has 3 aromatic rings. The van der Waals surface area contributed by atoms with E-state index in [9.17, 15) is 23.1 Å². The van der Waals surface area contributed by atoms with Crippen molar-refractivity contribution in [2.75, 3.05) is 25.0 Å². The Morgan fingerprint density at radius 3 is 2.40 bits per heavy atom. The zero-order valence-electron chi connectivity index (χ0n) is 28.4. The van der Waals surface area contributed by atoms with E-state index in [0.29, 0.717) is 24.9 Å². The normalized spacial score (nSPS) is 13.3. The van der Waals surface area contributed by atoms with Crippen molar-refractivity contribution in [2.45, 2.75) is 82.9 Å². The second-order valence-corrected chi connectivity index (χ2v) is 15.3. The van der Waals surface area contributed by atoms with Gasteiger partial charge in [0, 0.05) is 38.3 Å². The number of rotatable bonds is 15. The summed E-state index contributed by atoms with van der Waals surface area (Å²) in [6, 6.07) is 17.7. The quantitative estimate of drug-likeness (QED) is 0.180. The summed E-state index contributed by atoms with van der Waals surface area (Å²) >= 11 is 0. The van der Waals surface area contributed by atoms with Crippen molar-refractivity contribution in [1.82, 2.24) is 9.62 Å². The lowest BCUT2D eigenvalue weighted by molar-refractivity contribution is 0.0589. The minimum atomic E-state index is -4.28. The topological polar surface area (TPSA) is 162 Å². The third kappa shape index (κ3) is 11.7. The van der Waals surface area contributed by atoms with Gasteiger partial charge in [0.1, 0.15) is 11.9 Å². The Bertz CT molecular complexity index is 1630. The van der Waals surface area contributed by atoms with Gasteiger partial charge in [0.15, 0.2) is 5.75 Å². The van der Waals surface area contributed by atoms with E-state index in [1.807, 2.05) is 44.2 Å². The van der Waals surface area contributed by atoms with E-state index in [0.717, 1.165) is 5.56 Å². The maximum atomic E-state index is 14.4. The smallest absolute Gasteiger partial charge is 0.414 e. The standard InChI is InChI=1S/C35H46N4O8S/c1-34(2,3)47-33(42)38(6)27-15-12-16-29(22-27)48(43,44)39(25-35(4,5)18-10-11-19-36)23-31(40)30(21-26-13-8-7-9-14-26)37-32(41)46-28-17-20-45-24-28/h7-9,12-17,20,22,24,30-31,40H,10-11,18,21,23,25H2,1-6H3,(H,37,41)/t30-,31+/m0/s1. The lowest BCUT2D eigenvalue weighted by Gasteiger charge is -2.35. The number of anilines is 1. The van der Waals surface area contributed by atoms with Gasteiger partial charge in [-0.3, -0.25) is 4.90 Å². The van der Waals surface area contributed by atoms with Crippen LogP contribution in [-0.4, -0.2) is 67.9 Å². The number of sulfonamides is 1. The minimum Gasteiger partial charge on any atom is -0.469 e. The van der Waals surface area contributed by atoms with Gasteiger partial charge < -0.3 is 24.3 Å². The van der Waals surface area contributed by atoms with Gasteiger partial charge in [-0.05, 0) is 69.2 Å². The highest BCUT2D eigenvalue weighted by atomic mass is 32.2. The number of furan rings is 1. The molecule has 0 bridgehead atoms. The monoisotopic (exact) mass is 682 g/mol. The Morgan fingerprint density at radius 2 is 1.77 bits per heavy atom. The molecule has 2 N–H and O–H groups in total. The Balaban J connectivity index is 1.96. The van der Waals surface area contributed by atoms with Crippen molar-refractivity contribution < 1.29 is 37.0 Å². The number of carbonyl (C=O) groups excluding carboxylic acids is 2. The number of hydrogen-bond acceptors (Lipinski definition) is 9. The lowest BCUT2D eigenvalue weighted by Crippen LogP contribution is -2.52. The van der Waals surface area contributed by atoms with Crippen LogP contribution in [0.15, 0.2) is 82.5 Å². The molecule has 13 heteroatoms. The summed E-state index contributed by atoms with van der Waals surface area (Å²) in [5.74, 6) is 0.167. The molecule has 48 heavy (non-hydrogen) atoms. The zero-order chi connectivity index (χ0) is 35.5. The average Bonchev–Trinajstić information content (AvgIpc) is 3.52. The van der Waals surface area contributed by atoms with E-state index in [1.54, 1.807) is 26.8 Å². The van der Waals surface area contributed by atoms with Crippen LogP contribution >= 0.6 is 0 Å². The van der Waals surface area contributed by atoms with E-state index in [-0.39, 0.29) is 30.2 Å². The van der Waals surface area contributed by atoms with Crippen LogP contribution in [0.3, 0.4) is 0 Å². The van der Waals surface area contributed by atoms with Gasteiger partial charge in [-0.2, -0.15) is 9.57 Å². The van der Waals surface area contributed by atoms with Crippen molar-refractivity contribution in [3.63, 3.8) is 0 Å². The molecular weight excluding hydrogens is 636 g/mol. The fourth-order valence-corrected chi connectivity index (χ4v) is 6.66. The summed E-state index contributed by atoms with van der Waals surface area (Å²) in [4.78, 5) is 26.7. The van der Waals surface area contributed by atoms with Crippen LogP contribution in [0.2, 0.25) is 0 Å². The number of ether oxygens (including phenoxy) is 2. The van der Waals surface area contributed by atoms with Gasteiger partial charge in [-0.25, -0.2) is 18.0 Å². The number of nitrogens with zero attached hydrogens (tertiary/aromatic N) is 3. The molecule has 0 radical (unpaired) electrons. The molecule has 1 aromatic heterocycles. The van der Waals surface area contributed by atoms with E-state index < -0.39 is 45.4 Å². The van der Waals surface area contributed by atoms with Gasteiger partial charge in [-0.1, -0.05) is 50.2 Å². The van der Waals surface area contributed by atoms with Crippen molar-refractivity contribution in [3.05, 3.63) is 78.8 Å². The van der Waals surface area contributed by atoms with E-state index in [1.165, 1.54) is 53.0 Å². The molecule has 0 aliphatic carbocycles. The van der Waals surface area contributed by atoms with Crippen molar-refractivity contribution in [3.8, 4) is 11.8 Å². The van der Waals surface area contributed by atoms with Crippen LogP contribution in [0.4, 0.5) is 15.3 Å². The molecule has 0 spiro atoms. The number of carbonyl (C=O) groups is 2. The molecule has 2 amide bonds. The number of amides is 2. The summed E-state index contributed by atoms with van der Waals surface area (Å²) < 4.78 is 45.6. The van der Waals surface area contributed by atoms with Gasteiger partial charge >= 0.3 is 12.2 Å². The first-order chi connectivity index (χ1) is 22.5. The summed E-state index contributed by atoms with van der Waals surface area (Å²) in [6.45, 7) is 8.62. The fourth-order valence-electron chi connectivity index (χ4n) is 4.97. The van der Waals surface area contributed by atoms with Crippen LogP contribution < -0.4 is 15.0 Å². The Labute approximate surface area is 283 Å². The molecule has 0 saturated carbocycles. The fraction of sp³-hybridized carbons (Fsp3) is 0.457. The summed E-state index contributed by atoms with van der Waals surface area (Å²) in [5, 5.41) is 23.4. The summed E-state index contributed by atoms with van der Waals surface area (Å²) in [5.41, 5.74) is -0.245. The molecule has 2 atom stereocenters. The number of aliphatic hydroxyl groups excluding tert-OH is 1. The van der Waals surface area contributed by atoms with Crippen LogP contribution in [0, 0.1) is 16.7 Å². The van der Waals surface area contributed by atoms with Crippen molar-refractivity contribution >= 4 is 27.9 Å². The molecule has 0 aliphatic rings. The second-order valence-electron chi connectivity index (χ2n) is 13.4. The van der Waals surface area contributed by atoms with Crippen molar-refractivity contribution in [1.29, 1.82) is 5.26 Å². The van der Waals surface area contributed by atoms with Crippen LogP contribution in [0.5, 0.6) is 5.75 Å². The maximum absolute atomic E-state index is 14.4. The Hall–Kier alpha value is -4.38. The molecule has 0 fully saturated rings. The summed E-state index contributed by atoms with van der Waals surface area (Å²) in [7, 11) is -2.79. The summed E-state index contributed by atoms with van der Waals surface area (Å²) in [6.07, 6.45) is 1.33. The SMILES string of the molecule is CN(C(=O)OC(C)(C)C)c1cccc(S(=O)(=O)N(C[C@@H](O)[C@H](Cc2ccccc2)NC(=O)Oc2ccoc2)CC(C)(C)CCCC#N)c1. The van der Waals surface area contributed by atoms with E-state index in [2.05, 4.69) is 11.4 Å². The molecule has 1 heterocycles. The minimum absolute atomic E-state index is 0.00147. The first-order valence-corrected chi connectivity index (χ1v) is 17.1. The highest BCUT2D eigenvalue weighted by molar-refractivity contribution is 7.89. The van der Waals surface area contributed by atoms with Gasteiger partial charge in [0.25, 0.3) is 0 Å². The lowest BCUT2D eigenvalue weighted by atomic mass is 9.87. The molecule has 0 saturated heterocycles. The molecule has 260 valence electrons. The number of hydrogen-bond donors (Lipinski definition) is 2. The number of aliphatic hydroxyl groups is 1. The predicted molar refractivity (Wildman–Crippen MR) is 181 cm³/mol.